The van der Waals surface area contributed by atoms with Crippen LogP contribution in [0.25, 0.3) is 0 Å². The van der Waals surface area contributed by atoms with Crippen molar-refractivity contribution in [1.29, 1.82) is 0 Å². The van der Waals surface area contributed by atoms with E-state index in [2.05, 4.69) is 6.08 Å². The molecule has 2 rings (SSSR count). The average Bonchev–Trinajstić information content (AvgIpc) is 2.02. The second-order valence-corrected chi connectivity index (χ2v) is 4.75. The molecule has 1 unspecified atom stereocenters. The monoisotopic (exact) mass is 180 g/mol. The molecule has 0 heterocycles. The zero-order chi connectivity index (χ0) is 9.31. The van der Waals surface area contributed by atoms with E-state index in [0.29, 0.717) is 5.92 Å². The van der Waals surface area contributed by atoms with E-state index >= 15 is 0 Å². The van der Waals surface area contributed by atoms with Crippen LogP contribution in [0.3, 0.4) is 0 Å². The molecular formula is C12H20O. The molecule has 0 saturated heterocycles. The Kier molecular flexibility index (Phi) is 2.46. The molecule has 1 nitrogen and oxygen atoms in total. The SMILES string of the molecule is CC(O)(C1=CCCCC1)C1CCC1. The van der Waals surface area contributed by atoms with E-state index < -0.39 is 5.60 Å². The van der Waals surface area contributed by atoms with Crippen LogP contribution in [0.1, 0.15) is 51.9 Å². The maximum absolute atomic E-state index is 10.4. The Morgan fingerprint density at radius 1 is 1.31 bits per heavy atom. The fourth-order valence-electron chi connectivity index (χ4n) is 2.53. The Balaban J connectivity index is 2.07. The Labute approximate surface area is 80.8 Å². The third-order valence-electron chi connectivity index (χ3n) is 3.84. The maximum atomic E-state index is 10.4. The van der Waals surface area contributed by atoms with Crippen LogP contribution in [0.2, 0.25) is 0 Å². The third kappa shape index (κ3) is 1.67. The quantitative estimate of drug-likeness (QED) is 0.648. The van der Waals surface area contributed by atoms with Crippen LogP contribution in [-0.4, -0.2) is 10.7 Å². The molecule has 0 aromatic rings. The van der Waals surface area contributed by atoms with E-state index in [1.165, 1.54) is 44.1 Å². The molecule has 13 heavy (non-hydrogen) atoms. The number of hydrogen-bond acceptors (Lipinski definition) is 1. The van der Waals surface area contributed by atoms with Crippen molar-refractivity contribution in [3.8, 4) is 0 Å². The normalized spacial score (nSPS) is 28.9. The van der Waals surface area contributed by atoms with Crippen LogP contribution < -0.4 is 0 Å². The zero-order valence-corrected chi connectivity index (χ0v) is 8.55. The van der Waals surface area contributed by atoms with E-state index in [0.717, 1.165) is 6.42 Å². The van der Waals surface area contributed by atoms with Gasteiger partial charge in [0.05, 0.1) is 5.60 Å². The fourth-order valence-corrected chi connectivity index (χ4v) is 2.53. The molecule has 0 bridgehead atoms. The van der Waals surface area contributed by atoms with Crippen molar-refractivity contribution < 1.29 is 5.11 Å². The lowest BCUT2D eigenvalue weighted by Crippen LogP contribution is -2.41. The second-order valence-electron chi connectivity index (χ2n) is 4.75. The maximum Gasteiger partial charge on any atom is 0.0856 e. The first-order valence-electron chi connectivity index (χ1n) is 5.63. The van der Waals surface area contributed by atoms with E-state index in [1.54, 1.807) is 0 Å². The van der Waals surface area contributed by atoms with Crippen LogP contribution in [-0.2, 0) is 0 Å². The summed E-state index contributed by atoms with van der Waals surface area (Å²) in [6.07, 6.45) is 10.9. The molecule has 0 aliphatic heterocycles. The highest BCUT2D eigenvalue weighted by atomic mass is 16.3. The molecule has 0 aromatic carbocycles. The summed E-state index contributed by atoms with van der Waals surface area (Å²) in [4.78, 5) is 0. The molecule has 2 aliphatic rings. The van der Waals surface area contributed by atoms with Crippen molar-refractivity contribution >= 4 is 0 Å². The molecule has 0 radical (unpaired) electrons. The number of rotatable bonds is 2. The molecule has 74 valence electrons. The average molecular weight is 180 g/mol. The molecule has 2 aliphatic carbocycles. The summed E-state index contributed by atoms with van der Waals surface area (Å²) >= 11 is 0. The lowest BCUT2D eigenvalue weighted by Gasteiger charge is -2.41. The summed E-state index contributed by atoms with van der Waals surface area (Å²) in [5, 5.41) is 10.4. The predicted molar refractivity (Wildman–Crippen MR) is 54.5 cm³/mol. The number of aliphatic hydroxyl groups is 1. The third-order valence-corrected chi connectivity index (χ3v) is 3.84. The van der Waals surface area contributed by atoms with Gasteiger partial charge in [0.2, 0.25) is 0 Å². The lowest BCUT2D eigenvalue weighted by molar-refractivity contribution is -0.00635. The van der Waals surface area contributed by atoms with Gasteiger partial charge in [0.15, 0.2) is 0 Å². The molecule has 0 aromatic heterocycles. The lowest BCUT2D eigenvalue weighted by atomic mass is 9.68. The van der Waals surface area contributed by atoms with Crippen LogP contribution in [0, 0.1) is 5.92 Å². The minimum absolute atomic E-state index is 0.474. The van der Waals surface area contributed by atoms with Gasteiger partial charge in [0.1, 0.15) is 0 Å². The van der Waals surface area contributed by atoms with E-state index in [1.807, 2.05) is 6.92 Å². The van der Waals surface area contributed by atoms with Crippen molar-refractivity contribution in [2.24, 2.45) is 5.92 Å². The molecule has 1 fully saturated rings. The first-order valence-corrected chi connectivity index (χ1v) is 5.63. The van der Waals surface area contributed by atoms with Crippen LogP contribution in [0.5, 0.6) is 0 Å². The van der Waals surface area contributed by atoms with Crippen LogP contribution in [0.15, 0.2) is 11.6 Å². The number of hydrogen-bond donors (Lipinski definition) is 1. The van der Waals surface area contributed by atoms with Gasteiger partial charge in [-0.15, -0.1) is 0 Å². The first kappa shape index (κ1) is 9.26. The zero-order valence-electron chi connectivity index (χ0n) is 8.55. The highest BCUT2D eigenvalue weighted by molar-refractivity contribution is 5.19. The Bertz CT molecular complexity index is 211. The molecule has 1 atom stereocenters. The summed E-state index contributed by atoms with van der Waals surface area (Å²) < 4.78 is 0. The van der Waals surface area contributed by atoms with Gasteiger partial charge in [-0.3, -0.25) is 0 Å². The van der Waals surface area contributed by atoms with E-state index in [4.69, 9.17) is 0 Å². The number of allylic oxidation sites excluding steroid dienone is 1. The van der Waals surface area contributed by atoms with Crippen molar-refractivity contribution in [3.63, 3.8) is 0 Å². The fraction of sp³-hybridized carbons (Fsp3) is 0.833. The van der Waals surface area contributed by atoms with Gasteiger partial charge in [0, 0.05) is 0 Å². The van der Waals surface area contributed by atoms with Gasteiger partial charge in [0.25, 0.3) is 0 Å². The standard InChI is InChI=1S/C12H20O/c1-12(13,11-8-5-9-11)10-6-3-2-4-7-10/h6,11,13H,2-5,7-9H2,1H3. The molecule has 0 spiro atoms. The predicted octanol–water partition coefficient (Wildman–Crippen LogP) is 3.04. The summed E-state index contributed by atoms with van der Waals surface area (Å²) in [6.45, 7) is 2.02. The Morgan fingerprint density at radius 3 is 2.54 bits per heavy atom. The summed E-state index contributed by atoms with van der Waals surface area (Å²) in [5.74, 6) is 0.553. The molecular weight excluding hydrogens is 160 g/mol. The highest BCUT2D eigenvalue weighted by Gasteiger charge is 2.38. The Morgan fingerprint density at radius 2 is 2.08 bits per heavy atom. The van der Waals surface area contributed by atoms with Crippen molar-refractivity contribution in [3.05, 3.63) is 11.6 Å². The van der Waals surface area contributed by atoms with Gasteiger partial charge < -0.3 is 5.11 Å². The summed E-state index contributed by atoms with van der Waals surface area (Å²) in [5.41, 5.74) is 0.849. The summed E-state index contributed by atoms with van der Waals surface area (Å²) in [7, 11) is 0. The molecule has 1 N–H and O–H groups in total. The highest BCUT2D eigenvalue weighted by Crippen LogP contribution is 2.42. The minimum atomic E-state index is -0.474. The van der Waals surface area contributed by atoms with Gasteiger partial charge in [-0.2, -0.15) is 0 Å². The van der Waals surface area contributed by atoms with Crippen molar-refractivity contribution in [2.45, 2.75) is 57.5 Å². The van der Waals surface area contributed by atoms with Gasteiger partial charge in [-0.05, 0) is 56.9 Å². The van der Waals surface area contributed by atoms with Crippen LogP contribution in [0.4, 0.5) is 0 Å². The molecule has 1 saturated carbocycles. The largest absolute Gasteiger partial charge is 0.386 e. The van der Waals surface area contributed by atoms with Gasteiger partial charge in [-0.25, -0.2) is 0 Å². The van der Waals surface area contributed by atoms with Gasteiger partial charge >= 0.3 is 0 Å². The van der Waals surface area contributed by atoms with E-state index in [-0.39, 0.29) is 0 Å². The topological polar surface area (TPSA) is 20.2 Å². The van der Waals surface area contributed by atoms with Crippen molar-refractivity contribution in [2.75, 3.05) is 0 Å². The van der Waals surface area contributed by atoms with E-state index in [9.17, 15) is 5.11 Å². The smallest absolute Gasteiger partial charge is 0.0856 e. The second kappa shape index (κ2) is 3.45. The van der Waals surface area contributed by atoms with Gasteiger partial charge in [-0.1, -0.05) is 12.5 Å². The molecule has 1 heteroatoms. The van der Waals surface area contributed by atoms with Crippen LogP contribution >= 0.6 is 0 Å². The minimum Gasteiger partial charge on any atom is -0.386 e. The first-order chi connectivity index (χ1) is 6.21. The molecule has 0 amide bonds. The van der Waals surface area contributed by atoms with Crippen molar-refractivity contribution in [1.82, 2.24) is 0 Å². The summed E-state index contributed by atoms with van der Waals surface area (Å²) in [6, 6.07) is 0. The Hall–Kier alpha value is -0.300.